The number of ether oxygens (including phenoxy) is 1. The summed E-state index contributed by atoms with van der Waals surface area (Å²) < 4.78 is 5.44. The van der Waals surface area contributed by atoms with Gasteiger partial charge < -0.3 is 9.72 Å². The molecule has 5 nitrogen and oxygen atoms in total. The van der Waals surface area contributed by atoms with Gasteiger partial charge in [-0.2, -0.15) is 0 Å². The Morgan fingerprint density at radius 3 is 2.75 bits per heavy atom. The van der Waals surface area contributed by atoms with Crippen LogP contribution in [-0.2, 0) is 24.9 Å². The molecule has 0 unspecified atom stereocenters. The molecule has 1 aromatic heterocycles. The zero-order valence-electron chi connectivity index (χ0n) is 14.8. The molecule has 1 aliphatic heterocycles. The van der Waals surface area contributed by atoms with Gasteiger partial charge in [0.15, 0.2) is 0 Å². The van der Waals surface area contributed by atoms with Crippen molar-refractivity contribution >= 4 is 0 Å². The lowest BCUT2D eigenvalue weighted by molar-refractivity contribution is 0.236. The third-order valence-electron chi connectivity index (χ3n) is 4.45. The number of hydrogen-bond acceptors (Lipinski definition) is 4. The predicted octanol–water partition coefficient (Wildman–Crippen LogP) is 2.63. The summed E-state index contributed by atoms with van der Waals surface area (Å²) in [5, 5.41) is 0. The fourth-order valence-electron chi connectivity index (χ4n) is 3.06. The van der Waals surface area contributed by atoms with Crippen LogP contribution in [-0.4, -0.2) is 28.5 Å². The van der Waals surface area contributed by atoms with Crippen LogP contribution < -0.4 is 10.3 Å². The molecule has 0 fully saturated rings. The summed E-state index contributed by atoms with van der Waals surface area (Å²) in [6, 6.07) is 8.06. The van der Waals surface area contributed by atoms with Gasteiger partial charge in [0.05, 0.1) is 12.8 Å². The van der Waals surface area contributed by atoms with Crippen molar-refractivity contribution in [2.75, 3.05) is 13.7 Å². The second-order valence-corrected chi connectivity index (χ2v) is 7.36. The maximum atomic E-state index is 12.4. The number of benzene rings is 1. The molecule has 1 aromatic carbocycles. The van der Waals surface area contributed by atoms with Crippen LogP contribution in [0.1, 0.15) is 43.4 Å². The van der Waals surface area contributed by atoms with Gasteiger partial charge in [0.2, 0.25) is 0 Å². The smallest absolute Gasteiger partial charge is 0.254 e. The average Bonchev–Trinajstić information content (AvgIpc) is 2.54. The molecule has 1 N–H and O–H groups in total. The first-order valence-corrected chi connectivity index (χ1v) is 8.35. The Morgan fingerprint density at radius 2 is 2.04 bits per heavy atom. The Kier molecular flexibility index (Phi) is 4.45. The molecule has 0 aliphatic carbocycles. The lowest BCUT2D eigenvalue weighted by Crippen LogP contribution is -2.36. The minimum Gasteiger partial charge on any atom is -0.496 e. The van der Waals surface area contributed by atoms with Gasteiger partial charge in [0, 0.05) is 36.2 Å². The molecular weight excluding hydrogens is 302 g/mol. The topological polar surface area (TPSA) is 58.2 Å². The predicted molar refractivity (Wildman–Crippen MR) is 94.4 cm³/mol. The number of methoxy groups -OCH3 is 1. The van der Waals surface area contributed by atoms with E-state index in [1.807, 2.05) is 18.2 Å². The van der Waals surface area contributed by atoms with Gasteiger partial charge >= 0.3 is 0 Å². The number of nitrogens with one attached hydrogen (secondary N) is 1. The number of fused-ring (bicyclic) bond motifs is 1. The standard InChI is InChI=1S/C19H25N3O2/c1-19(2,3)18-20-15-12-22(10-9-14(15)17(23)21-18)11-13-7-5-6-8-16(13)24-4/h5-8H,9-12H2,1-4H3,(H,20,21,23). The van der Waals surface area contributed by atoms with Crippen molar-refractivity contribution < 1.29 is 4.74 Å². The highest BCUT2D eigenvalue weighted by Gasteiger charge is 2.25. The number of nitrogens with zero attached hydrogens (tertiary/aromatic N) is 2. The SMILES string of the molecule is COc1ccccc1CN1CCc2c(nc(C(C)(C)C)[nH]c2=O)C1. The Morgan fingerprint density at radius 1 is 1.29 bits per heavy atom. The molecule has 2 aromatic rings. The van der Waals surface area contributed by atoms with E-state index in [1.165, 1.54) is 0 Å². The van der Waals surface area contributed by atoms with Crippen molar-refractivity contribution in [3.8, 4) is 5.75 Å². The Bertz CT molecular complexity index is 790. The van der Waals surface area contributed by atoms with Gasteiger partial charge in [-0.3, -0.25) is 9.69 Å². The largest absolute Gasteiger partial charge is 0.496 e. The van der Waals surface area contributed by atoms with Gasteiger partial charge in [-0.15, -0.1) is 0 Å². The van der Waals surface area contributed by atoms with E-state index >= 15 is 0 Å². The average molecular weight is 327 g/mol. The van der Waals surface area contributed by atoms with Crippen molar-refractivity contribution in [1.82, 2.24) is 14.9 Å². The van der Waals surface area contributed by atoms with E-state index in [-0.39, 0.29) is 11.0 Å². The van der Waals surface area contributed by atoms with E-state index in [4.69, 9.17) is 9.72 Å². The Hall–Kier alpha value is -2.14. The van der Waals surface area contributed by atoms with Crippen LogP contribution in [0.2, 0.25) is 0 Å². The van der Waals surface area contributed by atoms with E-state index in [2.05, 4.69) is 36.7 Å². The number of hydrogen-bond donors (Lipinski definition) is 1. The quantitative estimate of drug-likeness (QED) is 0.941. The van der Waals surface area contributed by atoms with E-state index < -0.39 is 0 Å². The lowest BCUT2D eigenvalue weighted by Gasteiger charge is -2.29. The number of rotatable bonds is 3. The zero-order chi connectivity index (χ0) is 17.3. The summed E-state index contributed by atoms with van der Waals surface area (Å²) in [5.74, 6) is 1.66. The molecule has 24 heavy (non-hydrogen) atoms. The first kappa shape index (κ1) is 16.7. The molecule has 0 saturated heterocycles. The van der Waals surface area contributed by atoms with Crippen molar-refractivity contribution in [3.63, 3.8) is 0 Å². The Labute approximate surface area is 142 Å². The fourth-order valence-corrected chi connectivity index (χ4v) is 3.06. The molecule has 2 heterocycles. The maximum absolute atomic E-state index is 12.4. The molecule has 0 atom stereocenters. The van der Waals surface area contributed by atoms with Crippen molar-refractivity contribution in [2.24, 2.45) is 0 Å². The maximum Gasteiger partial charge on any atom is 0.254 e. The molecule has 0 bridgehead atoms. The molecule has 0 spiro atoms. The molecule has 1 aliphatic rings. The van der Waals surface area contributed by atoms with Crippen molar-refractivity contribution in [2.45, 2.75) is 45.7 Å². The van der Waals surface area contributed by atoms with Gasteiger partial charge in [0.25, 0.3) is 5.56 Å². The van der Waals surface area contributed by atoms with Crippen LogP contribution >= 0.6 is 0 Å². The minimum atomic E-state index is -0.168. The van der Waals surface area contributed by atoms with Crippen molar-refractivity contribution in [3.05, 3.63) is 57.3 Å². The molecule has 0 radical (unpaired) electrons. The second-order valence-electron chi connectivity index (χ2n) is 7.36. The van der Waals surface area contributed by atoms with Gasteiger partial charge in [0.1, 0.15) is 11.6 Å². The number of aromatic amines is 1. The molecule has 0 saturated carbocycles. The first-order valence-electron chi connectivity index (χ1n) is 8.35. The highest BCUT2D eigenvalue weighted by Crippen LogP contribution is 2.24. The summed E-state index contributed by atoms with van der Waals surface area (Å²) in [6.45, 7) is 8.53. The Balaban J connectivity index is 1.86. The lowest BCUT2D eigenvalue weighted by atomic mass is 9.95. The highest BCUT2D eigenvalue weighted by atomic mass is 16.5. The van der Waals surface area contributed by atoms with Crippen molar-refractivity contribution in [1.29, 1.82) is 0 Å². The van der Waals surface area contributed by atoms with E-state index in [0.717, 1.165) is 47.9 Å². The summed E-state index contributed by atoms with van der Waals surface area (Å²) in [7, 11) is 1.70. The van der Waals surface area contributed by atoms with E-state index in [0.29, 0.717) is 6.54 Å². The van der Waals surface area contributed by atoms with Gasteiger partial charge in [-0.25, -0.2) is 4.98 Å². The first-order chi connectivity index (χ1) is 11.4. The third-order valence-corrected chi connectivity index (χ3v) is 4.45. The molecule has 0 amide bonds. The van der Waals surface area contributed by atoms with Crippen LogP contribution in [0.5, 0.6) is 5.75 Å². The van der Waals surface area contributed by atoms with Gasteiger partial charge in [-0.1, -0.05) is 39.0 Å². The van der Waals surface area contributed by atoms with Crippen LogP contribution in [0.3, 0.4) is 0 Å². The summed E-state index contributed by atoms with van der Waals surface area (Å²) in [6.07, 6.45) is 0.733. The molecule has 5 heteroatoms. The van der Waals surface area contributed by atoms with Gasteiger partial charge in [-0.05, 0) is 12.5 Å². The summed E-state index contributed by atoms with van der Waals surface area (Å²) in [4.78, 5) is 22.4. The van der Waals surface area contributed by atoms with E-state index in [9.17, 15) is 4.79 Å². The van der Waals surface area contributed by atoms with Crippen LogP contribution in [0.15, 0.2) is 29.1 Å². The molecule has 3 rings (SSSR count). The third kappa shape index (κ3) is 3.36. The second kappa shape index (κ2) is 6.40. The summed E-state index contributed by atoms with van der Waals surface area (Å²) >= 11 is 0. The fraction of sp³-hybridized carbons (Fsp3) is 0.474. The van der Waals surface area contributed by atoms with E-state index in [1.54, 1.807) is 7.11 Å². The minimum absolute atomic E-state index is 0.0156. The number of para-hydroxylation sites is 1. The van der Waals surface area contributed by atoms with Crippen LogP contribution in [0.4, 0.5) is 0 Å². The zero-order valence-corrected chi connectivity index (χ0v) is 14.8. The highest BCUT2D eigenvalue weighted by molar-refractivity contribution is 5.33. The molecular formula is C19H25N3O2. The number of aromatic nitrogens is 2. The summed E-state index contributed by atoms with van der Waals surface area (Å²) in [5.41, 5.74) is 2.74. The van der Waals surface area contributed by atoms with Crippen LogP contribution in [0.25, 0.3) is 0 Å². The molecule has 128 valence electrons. The normalized spacial score (nSPS) is 15.2. The number of H-pyrrole nitrogens is 1. The van der Waals surface area contributed by atoms with Crippen LogP contribution in [0, 0.1) is 0 Å². The monoisotopic (exact) mass is 327 g/mol.